The third-order valence-corrected chi connectivity index (χ3v) is 7.36. The third kappa shape index (κ3) is 5.13. The lowest BCUT2D eigenvalue weighted by atomic mass is 10.0. The summed E-state index contributed by atoms with van der Waals surface area (Å²) in [6.07, 6.45) is 0.0257. The number of rotatable bonds is 8. The normalized spacial score (nSPS) is 11.1. The monoisotopic (exact) mass is 540 g/mol. The molecule has 3 heterocycles. The van der Waals surface area contributed by atoms with Crippen LogP contribution in [0.5, 0.6) is 0 Å². The van der Waals surface area contributed by atoms with Crippen molar-refractivity contribution in [3.63, 3.8) is 0 Å². The molecule has 0 bridgehead atoms. The highest BCUT2D eigenvalue weighted by molar-refractivity contribution is 7.15. The van der Waals surface area contributed by atoms with E-state index in [1.165, 1.54) is 11.3 Å². The van der Waals surface area contributed by atoms with Crippen LogP contribution in [0.15, 0.2) is 76.9 Å². The largest absolute Gasteiger partial charge is 0.462 e. The zero-order valence-corrected chi connectivity index (χ0v) is 22.7. The number of nitrogens with one attached hydrogen (secondary N) is 1. The van der Waals surface area contributed by atoms with Crippen molar-refractivity contribution in [3.05, 3.63) is 99.3 Å². The average molecular weight is 541 g/mol. The molecular weight excluding hydrogens is 512 g/mol. The minimum Gasteiger partial charge on any atom is -0.462 e. The number of carbonyl (C=O) groups is 2. The van der Waals surface area contributed by atoms with E-state index in [-0.39, 0.29) is 31.0 Å². The Hall–Kier alpha value is -4.50. The molecule has 0 radical (unpaired) electrons. The maximum absolute atomic E-state index is 13.1. The quantitative estimate of drug-likeness (QED) is 0.253. The van der Waals surface area contributed by atoms with Crippen molar-refractivity contribution in [3.8, 4) is 16.8 Å². The minimum absolute atomic E-state index is 0.0257. The Labute approximate surface area is 229 Å². The van der Waals surface area contributed by atoms with Crippen molar-refractivity contribution < 1.29 is 14.3 Å². The van der Waals surface area contributed by atoms with Crippen LogP contribution in [0.2, 0.25) is 0 Å². The first-order valence-corrected chi connectivity index (χ1v) is 13.6. The van der Waals surface area contributed by atoms with Gasteiger partial charge in [0.05, 0.1) is 18.0 Å². The number of anilines is 1. The van der Waals surface area contributed by atoms with Crippen molar-refractivity contribution in [1.82, 2.24) is 14.3 Å². The Bertz CT molecular complexity index is 1720. The maximum Gasteiger partial charge on any atom is 0.341 e. The number of thiophene rings is 1. The highest BCUT2D eigenvalue weighted by Gasteiger charge is 2.23. The molecule has 198 valence electrons. The van der Waals surface area contributed by atoms with Crippen LogP contribution in [0.4, 0.5) is 5.00 Å². The fourth-order valence-electron chi connectivity index (χ4n) is 4.72. The van der Waals surface area contributed by atoms with Crippen LogP contribution >= 0.6 is 11.3 Å². The van der Waals surface area contributed by atoms with Crippen LogP contribution in [-0.4, -0.2) is 32.8 Å². The highest BCUT2D eigenvalue weighted by atomic mass is 32.1. The number of fused-ring (bicyclic) bond motifs is 1. The summed E-state index contributed by atoms with van der Waals surface area (Å²) < 4.78 is 8.63. The molecule has 0 fully saturated rings. The summed E-state index contributed by atoms with van der Waals surface area (Å²) >= 11 is 1.27. The molecular formula is C30H28N4O4S. The first-order chi connectivity index (χ1) is 18.9. The van der Waals surface area contributed by atoms with Crippen molar-refractivity contribution >= 4 is 39.2 Å². The molecule has 5 rings (SSSR count). The van der Waals surface area contributed by atoms with Crippen LogP contribution in [0.1, 0.15) is 35.0 Å². The van der Waals surface area contributed by atoms with Gasteiger partial charge in [0.15, 0.2) is 0 Å². The fraction of sp³-hybridized carbons (Fsp3) is 0.200. The van der Waals surface area contributed by atoms with Crippen LogP contribution in [-0.2, 0) is 16.1 Å². The number of hydrogen-bond acceptors (Lipinski definition) is 6. The number of ether oxygens (including phenoxy) is 1. The third-order valence-electron chi connectivity index (χ3n) is 6.46. The predicted molar refractivity (Wildman–Crippen MR) is 154 cm³/mol. The van der Waals surface area contributed by atoms with Crippen molar-refractivity contribution in [2.24, 2.45) is 0 Å². The fourth-order valence-corrected chi connectivity index (χ4v) is 5.69. The van der Waals surface area contributed by atoms with Gasteiger partial charge in [-0.3, -0.25) is 14.2 Å². The van der Waals surface area contributed by atoms with Gasteiger partial charge in [0.1, 0.15) is 16.2 Å². The molecule has 0 saturated heterocycles. The zero-order valence-electron chi connectivity index (χ0n) is 21.9. The predicted octanol–water partition coefficient (Wildman–Crippen LogP) is 5.74. The molecule has 0 unspecified atom stereocenters. The molecule has 39 heavy (non-hydrogen) atoms. The van der Waals surface area contributed by atoms with Gasteiger partial charge in [0.25, 0.3) is 5.56 Å². The van der Waals surface area contributed by atoms with Gasteiger partial charge in [-0.15, -0.1) is 11.3 Å². The second kappa shape index (κ2) is 11.1. The second-order valence-corrected chi connectivity index (χ2v) is 9.97. The summed E-state index contributed by atoms with van der Waals surface area (Å²) in [5.41, 5.74) is 4.78. The molecule has 0 saturated carbocycles. The van der Waals surface area contributed by atoms with E-state index in [0.717, 1.165) is 27.9 Å². The zero-order chi connectivity index (χ0) is 27.5. The SMILES string of the molecule is CCOC(=O)c1c(-c2ccccc2)csc1NC(=O)CCn1c(=O)cc(C)c2c(C)nn(-c3ccccc3)c21. The number of aromatic nitrogens is 3. The summed E-state index contributed by atoms with van der Waals surface area (Å²) in [5, 5.41) is 10.7. The van der Waals surface area contributed by atoms with Crippen LogP contribution in [0.3, 0.4) is 0 Å². The minimum atomic E-state index is -0.494. The molecule has 0 aliphatic rings. The van der Waals surface area contributed by atoms with Crippen LogP contribution in [0, 0.1) is 13.8 Å². The molecule has 5 aromatic rings. The number of pyridine rings is 1. The average Bonchev–Trinajstić information content (AvgIpc) is 3.51. The van der Waals surface area contributed by atoms with Gasteiger partial charge in [-0.25, -0.2) is 9.48 Å². The first-order valence-electron chi connectivity index (χ1n) is 12.7. The second-order valence-electron chi connectivity index (χ2n) is 9.09. The van der Waals surface area contributed by atoms with E-state index >= 15 is 0 Å². The number of nitrogens with zero attached hydrogens (tertiary/aromatic N) is 3. The molecule has 2 aromatic carbocycles. The Morgan fingerprint density at radius 1 is 1.03 bits per heavy atom. The lowest BCUT2D eigenvalue weighted by Gasteiger charge is -2.13. The number of esters is 1. The summed E-state index contributed by atoms with van der Waals surface area (Å²) in [4.78, 5) is 39.1. The summed E-state index contributed by atoms with van der Waals surface area (Å²) in [6, 6.07) is 20.7. The van der Waals surface area contributed by atoms with E-state index in [1.807, 2.05) is 79.9 Å². The number of para-hydroxylation sites is 1. The molecule has 0 spiro atoms. The number of amides is 1. The molecule has 0 aliphatic carbocycles. The number of hydrogen-bond donors (Lipinski definition) is 1. The molecule has 8 nitrogen and oxygen atoms in total. The van der Waals surface area contributed by atoms with Gasteiger partial charge in [0, 0.05) is 35.4 Å². The van der Waals surface area contributed by atoms with E-state index in [9.17, 15) is 14.4 Å². The van der Waals surface area contributed by atoms with E-state index in [2.05, 4.69) is 5.32 Å². The Kier molecular flexibility index (Phi) is 7.42. The maximum atomic E-state index is 13.1. The Morgan fingerprint density at radius 3 is 2.41 bits per heavy atom. The van der Waals surface area contributed by atoms with Gasteiger partial charge in [0.2, 0.25) is 5.91 Å². The molecule has 1 amide bonds. The molecule has 0 aliphatic heterocycles. The lowest BCUT2D eigenvalue weighted by molar-refractivity contribution is -0.116. The van der Waals surface area contributed by atoms with E-state index in [1.54, 1.807) is 22.2 Å². The first kappa shape index (κ1) is 26.1. The lowest BCUT2D eigenvalue weighted by Crippen LogP contribution is -2.25. The van der Waals surface area contributed by atoms with Gasteiger partial charge < -0.3 is 10.1 Å². The Morgan fingerprint density at radius 2 is 1.72 bits per heavy atom. The topological polar surface area (TPSA) is 95.2 Å². The number of aryl methyl sites for hydroxylation is 3. The highest BCUT2D eigenvalue weighted by Crippen LogP contribution is 2.36. The van der Waals surface area contributed by atoms with Crippen LogP contribution < -0.4 is 10.9 Å². The molecule has 3 aromatic heterocycles. The van der Waals surface area contributed by atoms with Crippen molar-refractivity contribution in [2.45, 2.75) is 33.7 Å². The van der Waals surface area contributed by atoms with Gasteiger partial charge in [-0.1, -0.05) is 48.5 Å². The molecule has 1 N–H and O–H groups in total. The Balaban J connectivity index is 1.45. The standard InChI is InChI=1S/C30H28N4O4S/c1-4-38-30(37)27-23(21-11-7-5-8-12-21)18-39-28(27)31-24(35)15-16-33-25(36)17-19(2)26-20(3)32-34(29(26)33)22-13-9-6-10-14-22/h5-14,17-18H,4,15-16H2,1-3H3,(H,31,35). The van der Waals surface area contributed by atoms with Gasteiger partial charge >= 0.3 is 5.97 Å². The molecule has 9 heteroatoms. The summed E-state index contributed by atoms with van der Waals surface area (Å²) in [5.74, 6) is -0.809. The summed E-state index contributed by atoms with van der Waals surface area (Å²) in [6.45, 7) is 5.91. The van der Waals surface area contributed by atoms with E-state index in [4.69, 9.17) is 9.84 Å². The van der Waals surface area contributed by atoms with Gasteiger partial charge in [-0.2, -0.15) is 5.10 Å². The van der Waals surface area contributed by atoms with Crippen LogP contribution in [0.25, 0.3) is 27.8 Å². The van der Waals surface area contributed by atoms with E-state index < -0.39 is 5.97 Å². The van der Waals surface area contributed by atoms with Gasteiger partial charge in [-0.05, 0) is 44.0 Å². The number of benzene rings is 2. The molecule has 0 atom stereocenters. The van der Waals surface area contributed by atoms with Crippen molar-refractivity contribution in [1.29, 1.82) is 0 Å². The van der Waals surface area contributed by atoms with E-state index in [0.29, 0.717) is 21.8 Å². The summed E-state index contributed by atoms with van der Waals surface area (Å²) in [7, 11) is 0. The smallest absolute Gasteiger partial charge is 0.341 e. The number of carbonyl (C=O) groups excluding carboxylic acids is 2. The van der Waals surface area contributed by atoms with Crippen molar-refractivity contribution in [2.75, 3.05) is 11.9 Å².